The Morgan fingerprint density at radius 2 is 1.61 bits per heavy atom. The van der Waals surface area contributed by atoms with Crippen molar-refractivity contribution in [1.29, 1.82) is 0 Å². The lowest BCUT2D eigenvalue weighted by molar-refractivity contribution is -0.122. The number of nitrogens with one attached hydrogen (secondary N) is 1. The van der Waals surface area contributed by atoms with Crippen LogP contribution in [0.4, 0.5) is 10.8 Å². The van der Waals surface area contributed by atoms with E-state index in [1.807, 2.05) is 67.7 Å². The minimum atomic E-state index is -0.952. The first kappa shape index (κ1) is 24.5. The highest BCUT2D eigenvalue weighted by molar-refractivity contribution is 7.22. The Morgan fingerprint density at radius 3 is 2.32 bits per heavy atom. The molecule has 1 N–H and O–H groups in total. The summed E-state index contributed by atoms with van der Waals surface area (Å²) in [6.45, 7) is 1.90. The van der Waals surface area contributed by atoms with Gasteiger partial charge in [0.05, 0.1) is 33.2 Å². The molecule has 1 aromatic heterocycles. The summed E-state index contributed by atoms with van der Waals surface area (Å²) < 4.78 is 1.06. The predicted molar refractivity (Wildman–Crippen MR) is 163 cm³/mol. The summed E-state index contributed by atoms with van der Waals surface area (Å²) in [5, 5.41) is 5.92. The zero-order chi connectivity index (χ0) is 27.9. The molecule has 2 amide bonds. The molecule has 200 valence electrons. The highest BCUT2D eigenvalue weighted by Crippen LogP contribution is 2.63. The van der Waals surface area contributed by atoms with Gasteiger partial charge < -0.3 is 0 Å². The fraction of sp³-hybridized carbons (Fsp3) is 0.152. The molecule has 41 heavy (non-hydrogen) atoms. The molecule has 0 radical (unpaired) electrons. The quantitative estimate of drug-likeness (QED) is 0.144. The molecule has 5 aromatic rings. The molecule has 1 fully saturated rings. The van der Waals surface area contributed by atoms with Crippen molar-refractivity contribution in [2.75, 3.05) is 10.3 Å². The first-order valence-electron chi connectivity index (χ1n) is 13.5. The monoisotopic (exact) mass is 574 g/mol. The van der Waals surface area contributed by atoms with Crippen LogP contribution in [0.2, 0.25) is 5.02 Å². The number of hydrogen-bond donors (Lipinski definition) is 1. The third-order valence-electron chi connectivity index (χ3n) is 8.82. The molecule has 9 rings (SSSR count). The van der Waals surface area contributed by atoms with Crippen LogP contribution >= 0.6 is 22.9 Å². The molecule has 2 unspecified atom stereocenters. The van der Waals surface area contributed by atoms with Gasteiger partial charge in [0.1, 0.15) is 0 Å². The van der Waals surface area contributed by atoms with Gasteiger partial charge in [-0.2, -0.15) is 5.10 Å². The Labute approximate surface area is 245 Å². The molecule has 6 nitrogen and oxygen atoms in total. The van der Waals surface area contributed by atoms with E-state index in [1.165, 1.54) is 16.2 Å². The van der Waals surface area contributed by atoms with E-state index in [0.29, 0.717) is 15.8 Å². The summed E-state index contributed by atoms with van der Waals surface area (Å²) in [7, 11) is 0. The second-order valence-corrected chi connectivity index (χ2v) is 12.3. The number of aromatic nitrogens is 1. The average Bonchev–Trinajstić information content (AvgIpc) is 3.53. The van der Waals surface area contributed by atoms with Crippen LogP contribution in [0.5, 0.6) is 0 Å². The zero-order valence-electron chi connectivity index (χ0n) is 21.9. The highest BCUT2D eigenvalue weighted by atomic mass is 35.5. The van der Waals surface area contributed by atoms with Gasteiger partial charge in [0, 0.05) is 17.2 Å². The third kappa shape index (κ3) is 3.30. The van der Waals surface area contributed by atoms with Gasteiger partial charge in [0.15, 0.2) is 0 Å². The number of imide groups is 1. The molecular formula is C33H23ClN4O2S. The van der Waals surface area contributed by atoms with Crippen molar-refractivity contribution in [3.63, 3.8) is 0 Å². The molecule has 2 heterocycles. The van der Waals surface area contributed by atoms with E-state index < -0.39 is 17.3 Å². The number of carbonyl (C=O) groups excluding carboxylic acids is 2. The van der Waals surface area contributed by atoms with Crippen LogP contribution in [0, 0.1) is 18.8 Å². The number of halogens is 1. The standard InChI is InChI=1S/C33H23ClN4O2S/c1-18-14-15-19(16-24(18)34)38-30(39)28-27-20-8-2-4-10-22(20)33(29(28)31(38)40,23-11-5-3-9-21(23)27)17-35-37-32-36-25-12-6-7-13-26(25)41-32/h2-17,27-29H,1H3,(H,36,37)/b35-17+. The van der Waals surface area contributed by atoms with Gasteiger partial charge in [-0.3, -0.25) is 15.0 Å². The van der Waals surface area contributed by atoms with Crippen molar-refractivity contribution < 1.29 is 9.59 Å². The highest BCUT2D eigenvalue weighted by Gasteiger charge is 2.68. The maximum atomic E-state index is 14.5. The van der Waals surface area contributed by atoms with Crippen LogP contribution in [-0.4, -0.2) is 23.0 Å². The maximum absolute atomic E-state index is 14.5. The topological polar surface area (TPSA) is 74.7 Å². The van der Waals surface area contributed by atoms with Gasteiger partial charge >= 0.3 is 0 Å². The van der Waals surface area contributed by atoms with Crippen LogP contribution in [0.3, 0.4) is 0 Å². The van der Waals surface area contributed by atoms with E-state index in [-0.39, 0.29) is 17.7 Å². The Kier molecular flexibility index (Phi) is 5.27. The Balaban J connectivity index is 1.32. The van der Waals surface area contributed by atoms with Crippen LogP contribution in [0.25, 0.3) is 10.2 Å². The van der Waals surface area contributed by atoms with Crippen LogP contribution < -0.4 is 10.3 Å². The van der Waals surface area contributed by atoms with Gasteiger partial charge in [0.25, 0.3) is 0 Å². The minimum Gasteiger partial charge on any atom is -0.274 e. The first-order valence-corrected chi connectivity index (χ1v) is 14.7. The van der Waals surface area contributed by atoms with Crippen molar-refractivity contribution >= 4 is 62.0 Å². The molecule has 0 saturated carbocycles. The van der Waals surface area contributed by atoms with E-state index >= 15 is 0 Å². The molecule has 1 aliphatic heterocycles. The number of nitrogens with zero attached hydrogens (tertiary/aromatic N) is 3. The largest absolute Gasteiger partial charge is 0.274 e. The lowest BCUT2D eigenvalue weighted by Gasteiger charge is -2.52. The second kappa shape index (κ2) is 8.83. The zero-order valence-corrected chi connectivity index (χ0v) is 23.5. The number of aryl methyl sites for hydroxylation is 1. The van der Waals surface area contributed by atoms with Gasteiger partial charge in [-0.25, -0.2) is 9.88 Å². The van der Waals surface area contributed by atoms with Crippen LogP contribution in [-0.2, 0) is 15.0 Å². The summed E-state index contributed by atoms with van der Waals surface area (Å²) in [4.78, 5) is 34.8. The number of anilines is 2. The summed E-state index contributed by atoms with van der Waals surface area (Å²) >= 11 is 7.97. The number of fused-ring (bicyclic) bond motifs is 1. The SMILES string of the molecule is Cc1ccc(N2C(=O)C3C4c5ccccc5C(/C=N/Nc5nc6ccccc6s5)(c5ccccc54)C3C2=O)cc1Cl. The number of amides is 2. The molecule has 3 aliphatic carbocycles. The lowest BCUT2D eigenvalue weighted by Crippen LogP contribution is -2.54. The van der Waals surface area contributed by atoms with Gasteiger partial charge in [0.2, 0.25) is 16.9 Å². The molecule has 8 heteroatoms. The van der Waals surface area contributed by atoms with Crippen molar-refractivity contribution in [3.05, 3.63) is 124 Å². The minimum absolute atomic E-state index is 0.203. The van der Waals surface area contributed by atoms with E-state index in [2.05, 4.69) is 34.7 Å². The van der Waals surface area contributed by atoms with Crippen LogP contribution in [0.15, 0.2) is 96.1 Å². The van der Waals surface area contributed by atoms with E-state index in [4.69, 9.17) is 16.7 Å². The molecule has 2 bridgehead atoms. The molecule has 4 aromatic carbocycles. The number of hydrazone groups is 1. The molecular weight excluding hydrogens is 552 g/mol. The number of thiazole rings is 1. The van der Waals surface area contributed by atoms with Crippen molar-refractivity contribution in [3.8, 4) is 0 Å². The Hall–Kier alpha value is -4.33. The molecule has 0 spiro atoms. The third-order valence-corrected chi connectivity index (χ3v) is 10.2. The van der Waals surface area contributed by atoms with E-state index in [1.54, 1.807) is 12.1 Å². The number of benzene rings is 4. The second-order valence-electron chi connectivity index (χ2n) is 10.8. The number of hydrogen-bond acceptors (Lipinski definition) is 6. The van der Waals surface area contributed by atoms with E-state index in [0.717, 1.165) is 38.0 Å². The predicted octanol–water partition coefficient (Wildman–Crippen LogP) is 6.91. The summed E-state index contributed by atoms with van der Waals surface area (Å²) in [5.41, 5.74) is 8.58. The smallest absolute Gasteiger partial charge is 0.239 e. The average molecular weight is 575 g/mol. The molecule has 1 saturated heterocycles. The normalized spacial score (nSPS) is 24.1. The van der Waals surface area contributed by atoms with Crippen molar-refractivity contribution in [2.24, 2.45) is 16.9 Å². The summed E-state index contributed by atoms with van der Waals surface area (Å²) in [6, 6.07) is 29.6. The fourth-order valence-corrected chi connectivity index (χ4v) is 8.12. The number of rotatable bonds is 4. The van der Waals surface area contributed by atoms with Crippen molar-refractivity contribution in [2.45, 2.75) is 18.3 Å². The molecule has 4 aliphatic rings. The van der Waals surface area contributed by atoms with Crippen molar-refractivity contribution in [1.82, 2.24) is 4.98 Å². The van der Waals surface area contributed by atoms with Gasteiger partial charge in [-0.1, -0.05) is 89.7 Å². The number of para-hydroxylation sites is 1. The summed E-state index contributed by atoms with van der Waals surface area (Å²) in [6.07, 6.45) is 1.83. The Bertz CT molecular complexity index is 1870. The van der Waals surface area contributed by atoms with E-state index in [9.17, 15) is 9.59 Å². The maximum Gasteiger partial charge on any atom is 0.239 e. The molecule has 2 atom stereocenters. The fourth-order valence-electron chi connectivity index (χ4n) is 7.13. The Morgan fingerprint density at radius 1 is 0.927 bits per heavy atom. The first-order chi connectivity index (χ1) is 20.0. The number of carbonyl (C=O) groups is 2. The lowest BCUT2D eigenvalue weighted by atomic mass is 9.47. The van der Waals surface area contributed by atoms with Crippen LogP contribution in [0.1, 0.15) is 33.7 Å². The van der Waals surface area contributed by atoms with Gasteiger partial charge in [-0.15, -0.1) is 0 Å². The van der Waals surface area contributed by atoms with Gasteiger partial charge in [-0.05, 0) is 59.0 Å². The summed E-state index contributed by atoms with van der Waals surface area (Å²) in [5.74, 6) is -1.90.